The van der Waals surface area contributed by atoms with Gasteiger partial charge in [-0.15, -0.1) is 0 Å². The van der Waals surface area contributed by atoms with E-state index in [4.69, 9.17) is 14.6 Å². The summed E-state index contributed by atoms with van der Waals surface area (Å²) in [6.45, 7) is 0.600. The molecule has 4 saturated heterocycles. The summed E-state index contributed by atoms with van der Waals surface area (Å²) in [5.41, 5.74) is 1.56. The van der Waals surface area contributed by atoms with Crippen LogP contribution in [0.4, 0.5) is 13.2 Å². The number of aliphatic carboxylic acids is 1. The molecular weight excluding hydrogens is 417 g/mol. The third-order valence-electron chi connectivity index (χ3n) is 6.24. The minimum Gasteiger partial charge on any atom is -0.475 e. The van der Waals surface area contributed by atoms with E-state index in [1.54, 1.807) is 6.20 Å². The van der Waals surface area contributed by atoms with Crippen molar-refractivity contribution in [3.63, 3.8) is 0 Å². The minimum absolute atomic E-state index is 0.0356. The fraction of sp³-hybridized carbons (Fsp3) is 0.476. The number of para-hydroxylation sites is 1. The van der Waals surface area contributed by atoms with Gasteiger partial charge in [-0.2, -0.15) is 13.2 Å². The highest BCUT2D eigenvalue weighted by atomic mass is 19.4. The van der Waals surface area contributed by atoms with E-state index >= 15 is 0 Å². The molecule has 6 rings (SSSR count). The molecular formula is C21H21F3N2O5. The van der Waals surface area contributed by atoms with Gasteiger partial charge < -0.3 is 14.8 Å². The largest absolute Gasteiger partial charge is 0.490 e. The molecule has 2 N–H and O–H groups in total. The summed E-state index contributed by atoms with van der Waals surface area (Å²) in [5, 5.41) is 8.03. The second-order valence-corrected chi connectivity index (χ2v) is 8.16. The molecule has 1 aromatic heterocycles. The van der Waals surface area contributed by atoms with Gasteiger partial charge in [0.2, 0.25) is 0 Å². The molecule has 4 aliphatic heterocycles. The summed E-state index contributed by atoms with van der Waals surface area (Å²) in [6.07, 6.45) is 0.211. The number of carbonyl (C=O) groups excluding carboxylic acids is 2. The number of carbonyl (C=O) groups is 3. The van der Waals surface area contributed by atoms with Crippen LogP contribution in [0.1, 0.15) is 36.0 Å². The number of ether oxygens (including phenoxy) is 1. The molecule has 0 amide bonds. The standard InChI is InChI=1S/C19H20N2O3.C2HF3O2/c22-18-10-21-12-5-11(18)6-13(21)8-14(7-12)24-19(23)16-9-20-17-4-2-1-3-15(16)17;3-2(4,5)1(6)7/h1-4,9,11-14,20H,5-8,10H2;(H,6,7)/t11?,12-,13-,14?;/m0./s1. The lowest BCUT2D eigenvalue weighted by Crippen LogP contribution is -2.63. The van der Waals surface area contributed by atoms with Crippen LogP contribution in [-0.4, -0.2) is 63.6 Å². The highest BCUT2D eigenvalue weighted by Crippen LogP contribution is 2.42. The number of nitrogens with one attached hydrogen (secondary N) is 1. The average molecular weight is 438 g/mol. The number of alkyl halides is 3. The number of halogens is 3. The van der Waals surface area contributed by atoms with Crippen molar-refractivity contribution in [1.29, 1.82) is 0 Å². The van der Waals surface area contributed by atoms with E-state index in [1.165, 1.54) is 0 Å². The first-order valence-electron chi connectivity index (χ1n) is 9.99. The molecule has 10 heteroatoms. The summed E-state index contributed by atoms with van der Waals surface area (Å²) in [4.78, 5) is 38.9. The number of nitrogens with zero attached hydrogens (tertiary/aromatic N) is 1. The molecule has 5 heterocycles. The average Bonchev–Trinajstić information content (AvgIpc) is 3.12. The van der Waals surface area contributed by atoms with Crippen LogP contribution in [0.25, 0.3) is 10.9 Å². The lowest BCUT2D eigenvalue weighted by atomic mass is 9.72. The Labute approximate surface area is 175 Å². The van der Waals surface area contributed by atoms with Crippen molar-refractivity contribution in [2.24, 2.45) is 5.92 Å². The van der Waals surface area contributed by atoms with Gasteiger partial charge in [0.25, 0.3) is 0 Å². The smallest absolute Gasteiger partial charge is 0.475 e. The Bertz CT molecular complexity index is 1000. The summed E-state index contributed by atoms with van der Waals surface area (Å²) < 4.78 is 37.6. The molecule has 4 bridgehead atoms. The van der Waals surface area contributed by atoms with Gasteiger partial charge in [0, 0.05) is 47.9 Å². The number of aromatic amines is 1. The zero-order valence-electron chi connectivity index (χ0n) is 16.4. The maximum atomic E-state index is 12.6. The molecule has 166 valence electrons. The number of rotatable bonds is 2. The first-order valence-corrected chi connectivity index (χ1v) is 9.99. The van der Waals surface area contributed by atoms with E-state index in [0.29, 0.717) is 30.0 Å². The predicted molar refractivity (Wildman–Crippen MR) is 102 cm³/mol. The van der Waals surface area contributed by atoms with Crippen molar-refractivity contribution < 1.29 is 37.4 Å². The van der Waals surface area contributed by atoms with Crippen molar-refractivity contribution in [3.8, 4) is 0 Å². The molecule has 2 aromatic rings. The van der Waals surface area contributed by atoms with Crippen LogP contribution >= 0.6 is 0 Å². The van der Waals surface area contributed by atoms with E-state index < -0.39 is 12.1 Å². The highest BCUT2D eigenvalue weighted by molar-refractivity contribution is 6.04. The number of ketones is 1. The van der Waals surface area contributed by atoms with Gasteiger partial charge in [0.15, 0.2) is 0 Å². The van der Waals surface area contributed by atoms with Crippen molar-refractivity contribution in [1.82, 2.24) is 9.88 Å². The molecule has 0 radical (unpaired) electrons. The number of carboxylic acid groups (broad SMARTS) is 1. The Morgan fingerprint density at radius 2 is 1.71 bits per heavy atom. The van der Waals surface area contributed by atoms with E-state index in [2.05, 4.69) is 9.88 Å². The zero-order valence-corrected chi connectivity index (χ0v) is 16.4. The second-order valence-electron chi connectivity index (χ2n) is 8.16. The Morgan fingerprint density at radius 3 is 2.29 bits per heavy atom. The molecule has 7 nitrogen and oxygen atoms in total. The SMILES string of the molecule is O=C(O)C(F)(F)F.O=C(OC1C[C@@H]2CC3C[C@@H](C1)N2CC3=O)c1c[nH]c2ccccc12. The van der Waals surface area contributed by atoms with Crippen LogP contribution < -0.4 is 0 Å². The Hall–Kier alpha value is -2.88. The molecule has 4 fully saturated rings. The normalized spacial score (nSPS) is 29.3. The van der Waals surface area contributed by atoms with E-state index in [0.717, 1.165) is 36.6 Å². The predicted octanol–water partition coefficient (Wildman–Crippen LogP) is 3.15. The number of Topliss-reactive ketones (excluding diaryl/α,β-unsaturated/α-hetero) is 1. The van der Waals surface area contributed by atoms with Crippen molar-refractivity contribution in [3.05, 3.63) is 36.0 Å². The van der Waals surface area contributed by atoms with Crippen LogP contribution in [0.5, 0.6) is 0 Å². The quantitative estimate of drug-likeness (QED) is 0.699. The Morgan fingerprint density at radius 1 is 1.10 bits per heavy atom. The third kappa shape index (κ3) is 4.30. The fourth-order valence-electron chi connectivity index (χ4n) is 4.87. The van der Waals surface area contributed by atoms with Gasteiger partial charge in [-0.3, -0.25) is 9.69 Å². The van der Waals surface area contributed by atoms with Crippen molar-refractivity contribution in [2.75, 3.05) is 6.54 Å². The Balaban J connectivity index is 0.000000289. The third-order valence-corrected chi connectivity index (χ3v) is 6.24. The van der Waals surface area contributed by atoms with E-state index in [1.807, 2.05) is 24.3 Å². The minimum atomic E-state index is -5.08. The second kappa shape index (κ2) is 7.99. The maximum Gasteiger partial charge on any atom is 0.490 e. The van der Waals surface area contributed by atoms with Gasteiger partial charge in [-0.1, -0.05) is 18.2 Å². The summed E-state index contributed by atoms with van der Waals surface area (Å²) >= 11 is 0. The van der Waals surface area contributed by atoms with Crippen LogP contribution in [0, 0.1) is 5.92 Å². The lowest BCUT2D eigenvalue weighted by molar-refractivity contribution is -0.192. The summed E-state index contributed by atoms with van der Waals surface area (Å²) in [5.74, 6) is -2.35. The van der Waals surface area contributed by atoms with E-state index in [-0.39, 0.29) is 18.0 Å². The molecule has 4 aliphatic rings. The summed E-state index contributed by atoms with van der Waals surface area (Å²) in [7, 11) is 0. The van der Waals surface area contributed by atoms with Gasteiger partial charge in [0.05, 0.1) is 12.1 Å². The summed E-state index contributed by atoms with van der Waals surface area (Å²) in [6, 6.07) is 8.58. The number of carboxylic acids is 1. The van der Waals surface area contributed by atoms with Crippen molar-refractivity contribution in [2.45, 2.75) is 50.0 Å². The monoisotopic (exact) mass is 438 g/mol. The molecule has 0 unspecified atom stereocenters. The molecule has 0 saturated carbocycles. The van der Waals surface area contributed by atoms with Crippen LogP contribution in [-0.2, 0) is 14.3 Å². The molecule has 2 atom stereocenters. The Kier molecular flexibility index (Phi) is 5.50. The zero-order chi connectivity index (χ0) is 22.3. The molecule has 1 aromatic carbocycles. The number of piperidine rings is 4. The molecule has 0 aliphatic carbocycles. The molecule has 31 heavy (non-hydrogen) atoms. The topological polar surface area (TPSA) is 99.7 Å². The first kappa shape index (κ1) is 21.4. The number of hydrogen-bond donors (Lipinski definition) is 2. The van der Waals surface area contributed by atoms with E-state index in [9.17, 15) is 22.8 Å². The number of esters is 1. The first-order chi connectivity index (χ1) is 14.6. The van der Waals surface area contributed by atoms with Crippen LogP contribution in [0.2, 0.25) is 0 Å². The highest BCUT2D eigenvalue weighted by Gasteiger charge is 2.49. The van der Waals surface area contributed by atoms with Gasteiger partial charge in [-0.25, -0.2) is 9.59 Å². The lowest BCUT2D eigenvalue weighted by Gasteiger charge is -2.54. The molecule has 0 spiro atoms. The van der Waals surface area contributed by atoms with Crippen LogP contribution in [0.3, 0.4) is 0 Å². The number of fused-ring (bicyclic) bond motifs is 2. The number of H-pyrrole nitrogens is 1. The van der Waals surface area contributed by atoms with Gasteiger partial charge in [-0.05, 0) is 18.9 Å². The maximum absolute atomic E-state index is 12.6. The fourth-order valence-corrected chi connectivity index (χ4v) is 4.87. The van der Waals surface area contributed by atoms with Crippen molar-refractivity contribution >= 4 is 28.6 Å². The number of hydrogen-bond acceptors (Lipinski definition) is 5. The van der Waals surface area contributed by atoms with Gasteiger partial charge >= 0.3 is 18.1 Å². The number of benzene rings is 1. The number of aromatic nitrogens is 1. The van der Waals surface area contributed by atoms with Gasteiger partial charge in [0.1, 0.15) is 11.9 Å². The van der Waals surface area contributed by atoms with Crippen LogP contribution in [0.15, 0.2) is 30.5 Å².